The summed E-state index contributed by atoms with van der Waals surface area (Å²) < 4.78 is 0. The van der Waals surface area contributed by atoms with Crippen molar-refractivity contribution in [2.24, 2.45) is 11.8 Å². The lowest BCUT2D eigenvalue weighted by Gasteiger charge is -2.42. The monoisotopic (exact) mass is 307 g/mol. The average molecular weight is 308 g/mol. The van der Waals surface area contributed by atoms with Crippen molar-refractivity contribution in [3.63, 3.8) is 0 Å². The first-order chi connectivity index (χ1) is 10.0. The second kappa shape index (κ2) is 6.13. The summed E-state index contributed by atoms with van der Waals surface area (Å²) in [6, 6.07) is 3.42. The molecule has 21 heavy (non-hydrogen) atoms. The molecule has 2 fully saturated rings. The molecule has 0 aromatic carbocycles. The van der Waals surface area contributed by atoms with Crippen LogP contribution >= 0.6 is 11.6 Å². The molecule has 0 amide bonds. The number of hydrogen-bond acceptors (Lipinski definition) is 3. The lowest BCUT2D eigenvalue weighted by atomic mass is 9.86. The van der Waals surface area contributed by atoms with Gasteiger partial charge in [-0.25, -0.2) is 4.98 Å². The Bertz CT molecular complexity index is 501. The van der Waals surface area contributed by atoms with E-state index in [1.807, 2.05) is 6.20 Å². The molecule has 1 N–H and O–H groups in total. The molecule has 1 aliphatic carbocycles. The normalized spacial score (nSPS) is 29.7. The zero-order valence-corrected chi connectivity index (χ0v) is 14.0. The Morgan fingerprint density at radius 1 is 1.33 bits per heavy atom. The molecule has 3 rings (SSSR count). The van der Waals surface area contributed by atoms with Gasteiger partial charge in [0.25, 0.3) is 0 Å². The van der Waals surface area contributed by atoms with Crippen molar-refractivity contribution >= 4 is 17.4 Å². The SMILES string of the molecule is CC1CC(C)C(C)N(c2cc(CNC3CC3)c(Cl)cn2)C1. The minimum absolute atomic E-state index is 0.541. The molecule has 2 heterocycles. The van der Waals surface area contributed by atoms with Crippen LogP contribution in [-0.4, -0.2) is 23.6 Å². The maximum absolute atomic E-state index is 6.31. The molecular weight excluding hydrogens is 282 g/mol. The summed E-state index contributed by atoms with van der Waals surface area (Å²) >= 11 is 6.31. The van der Waals surface area contributed by atoms with E-state index in [0.29, 0.717) is 18.0 Å². The molecule has 0 spiro atoms. The van der Waals surface area contributed by atoms with Gasteiger partial charge in [-0.15, -0.1) is 0 Å². The summed E-state index contributed by atoms with van der Waals surface area (Å²) in [7, 11) is 0. The Kier molecular flexibility index (Phi) is 4.41. The first-order valence-corrected chi connectivity index (χ1v) is 8.57. The van der Waals surface area contributed by atoms with Crippen molar-refractivity contribution in [1.29, 1.82) is 0 Å². The quantitative estimate of drug-likeness (QED) is 0.915. The molecule has 1 aliphatic heterocycles. The fourth-order valence-electron chi connectivity index (χ4n) is 3.32. The van der Waals surface area contributed by atoms with Gasteiger partial charge in [-0.3, -0.25) is 0 Å². The van der Waals surface area contributed by atoms with Crippen LogP contribution in [0.25, 0.3) is 0 Å². The molecule has 2 aliphatic rings. The van der Waals surface area contributed by atoms with E-state index in [1.54, 1.807) is 0 Å². The van der Waals surface area contributed by atoms with Crippen LogP contribution in [0.4, 0.5) is 5.82 Å². The number of nitrogens with one attached hydrogen (secondary N) is 1. The smallest absolute Gasteiger partial charge is 0.129 e. The van der Waals surface area contributed by atoms with Crippen LogP contribution in [0.3, 0.4) is 0 Å². The van der Waals surface area contributed by atoms with Crippen molar-refractivity contribution in [2.45, 2.75) is 58.7 Å². The van der Waals surface area contributed by atoms with E-state index in [0.717, 1.165) is 29.8 Å². The molecular formula is C17H26ClN3. The number of rotatable bonds is 4. The molecule has 116 valence electrons. The highest BCUT2D eigenvalue weighted by atomic mass is 35.5. The second-order valence-electron chi connectivity index (χ2n) is 7.00. The predicted octanol–water partition coefficient (Wildman–Crippen LogP) is 3.86. The fourth-order valence-corrected chi connectivity index (χ4v) is 3.49. The van der Waals surface area contributed by atoms with Gasteiger partial charge < -0.3 is 10.2 Å². The van der Waals surface area contributed by atoms with Crippen molar-refractivity contribution in [3.05, 3.63) is 22.8 Å². The molecule has 1 saturated carbocycles. The zero-order chi connectivity index (χ0) is 15.0. The van der Waals surface area contributed by atoms with Gasteiger partial charge in [-0.2, -0.15) is 0 Å². The van der Waals surface area contributed by atoms with Crippen molar-refractivity contribution < 1.29 is 0 Å². The third-order valence-corrected chi connectivity index (χ3v) is 5.31. The highest BCUT2D eigenvalue weighted by molar-refractivity contribution is 6.31. The maximum atomic E-state index is 6.31. The number of halogens is 1. The van der Waals surface area contributed by atoms with Gasteiger partial charge in [-0.05, 0) is 49.7 Å². The third-order valence-electron chi connectivity index (χ3n) is 4.97. The van der Waals surface area contributed by atoms with E-state index in [2.05, 4.69) is 42.0 Å². The second-order valence-corrected chi connectivity index (χ2v) is 7.41. The van der Waals surface area contributed by atoms with E-state index >= 15 is 0 Å². The molecule has 3 unspecified atom stereocenters. The Balaban J connectivity index is 1.78. The Labute approximate surface area is 133 Å². The lowest BCUT2D eigenvalue weighted by molar-refractivity contribution is 0.295. The molecule has 1 aromatic rings. The van der Waals surface area contributed by atoms with E-state index in [-0.39, 0.29) is 0 Å². The van der Waals surface area contributed by atoms with Gasteiger partial charge in [0.05, 0.1) is 5.02 Å². The largest absolute Gasteiger partial charge is 0.353 e. The van der Waals surface area contributed by atoms with Crippen LogP contribution in [0, 0.1) is 11.8 Å². The van der Waals surface area contributed by atoms with E-state index in [1.165, 1.54) is 24.8 Å². The molecule has 3 atom stereocenters. The Morgan fingerprint density at radius 3 is 2.81 bits per heavy atom. The van der Waals surface area contributed by atoms with Crippen LogP contribution < -0.4 is 10.2 Å². The zero-order valence-electron chi connectivity index (χ0n) is 13.3. The molecule has 0 radical (unpaired) electrons. The molecule has 4 heteroatoms. The molecule has 1 aromatic heterocycles. The van der Waals surface area contributed by atoms with Crippen LogP contribution in [0.1, 0.15) is 45.6 Å². The highest BCUT2D eigenvalue weighted by Crippen LogP contribution is 2.32. The number of nitrogens with zero attached hydrogens (tertiary/aromatic N) is 2. The minimum atomic E-state index is 0.541. The summed E-state index contributed by atoms with van der Waals surface area (Å²) in [6.45, 7) is 8.94. The summed E-state index contributed by atoms with van der Waals surface area (Å²) in [5.74, 6) is 2.51. The summed E-state index contributed by atoms with van der Waals surface area (Å²) in [5.41, 5.74) is 1.17. The van der Waals surface area contributed by atoms with Gasteiger partial charge in [0.2, 0.25) is 0 Å². The summed E-state index contributed by atoms with van der Waals surface area (Å²) in [5, 5.41) is 4.32. The van der Waals surface area contributed by atoms with Crippen LogP contribution in [0.15, 0.2) is 12.3 Å². The summed E-state index contributed by atoms with van der Waals surface area (Å²) in [4.78, 5) is 7.04. The van der Waals surface area contributed by atoms with Gasteiger partial charge in [-0.1, -0.05) is 25.4 Å². The van der Waals surface area contributed by atoms with Crippen LogP contribution in [-0.2, 0) is 6.54 Å². The van der Waals surface area contributed by atoms with Gasteiger partial charge in [0.1, 0.15) is 5.82 Å². The first-order valence-electron chi connectivity index (χ1n) is 8.19. The van der Waals surface area contributed by atoms with Crippen molar-refractivity contribution in [2.75, 3.05) is 11.4 Å². The molecule has 1 saturated heterocycles. The number of hydrogen-bond donors (Lipinski definition) is 1. The van der Waals surface area contributed by atoms with E-state index < -0.39 is 0 Å². The summed E-state index contributed by atoms with van der Waals surface area (Å²) in [6.07, 6.45) is 5.72. The third kappa shape index (κ3) is 3.51. The highest BCUT2D eigenvalue weighted by Gasteiger charge is 2.30. The van der Waals surface area contributed by atoms with Gasteiger partial charge in [0.15, 0.2) is 0 Å². The molecule has 0 bridgehead atoms. The van der Waals surface area contributed by atoms with Gasteiger partial charge >= 0.3 is 0 Å². The van der Waals surface area contributed by atoms with Gasteiger partial charge in [0, 0.05) is 31.4 Å². The Hall–Kier alpha value is -0.800. The standard InChI is InChI=1S/C17H26ClN3/c1-11-6-12(2)13(3)21(10-11)17-7-14(16(18)9-20-17)8-19-15-4-5-15/h7,9,11-13,15,19H,4-6,8,10H2,1-3H3. The van der Waals surface area contributed by atoms with Crippen LogP contribution in [0.5, 0.6) is 0 Å². The lowest BCUT2D eigenvalue weighted by Crippen LogP contribution is -2.46. The minimum Gasteiger partial charge on any atom is -0.353 e. The average Bonchev–Trinajstić information content (AvgIpc) is 3.26. The maximum Gasteiger partial charge on any atom is 0.129 e. The van der Waals surface area contributed by atoms with E-state index in [9.17, 15) is 0 Å². The number of pyridine rings is 1. The van der Waals surface area contributed by atoms with Crippen molar-refractivity contribution in [3.8, 4) is 0 Å². The number of anilines is 1. The van der Waals surface area contributed by atoms with Crippen molar-refractivity contribution in [1.82, 2.24) is 10.3 Å². The number of aromatic nitrogens is 1. The topological polar surface area (TPSA) is 28.2 Å². The number of piperidine rings is 1. The van der Waals surface area contributed by atoms with Crippen LogP contribution in [0.2, 0.25) is 5.02 Å². The van der Waals surface area contributed by atoms with E-state index in [4.69, 9.17) is 11.6 Å². The predicted molar refractivity (Wildman–Crippen MR) is 88.9 cm³/mol. The molecule has 3 nitrogen and oxygen atoms in total. The fraction of sp³-hybridized carbons (Fsp3) is 0.706. The first kappa shape index (κ1) is 15.1. The Morgan fingerprint density at radius 2 is 2.10 bits per heavy atom.